The van der Waals surface area contributed by atoms with Crippen molar-refractivity contribution in [2.24, 2.45) is 0 Å². The molecule has 3 rings (SSSR count). The standard InChI is InChI=1S/C9H11N3O4S2.Na/c13-2-1-11-5-3-10-4-6(7(5)18-9(11)15)12(16-17)8(10)14;/h6,13,17H,1-4H2;/q;+1/p-1. The first-order valence-corrected chi connectivity index (χ1v) is 6.53. The van der Waals surface area contributed by atoms with Crippen LogP contribution in [0, 0.1) is 0 Å². The molecule has 1 fully saturated rings. The van der Waals surface area contributed by atoms with Gasteiger partial charge in [0.25, 0.3) is 0 Å². The van der Waals surface area contributed by atoms with E-state index in [0.717, 1.165) is 27.0 Å². The smallest absolute Gasteiger partial charge is 0.590 e. The van der Waals surface area contributed by atoms with Crippen LogP contribution in [0.4, 0.5) is 4.79 Å². The third kappa shape index (κ3) is 2.27. The molecule has 1 atom stereocenters. The molecule has 0 radical (unpaired) electrons. The molecule has 1 N–H and O–H groups in total. The van der Waals surface area contributed by atoms with Crippen molar-refractivity contribution in [3.8, 4) is 0 Å². The van der Waals surface area contributed by atoms with E-state index in [2.05, 4.69) is 17.2 Å². The van der Waals surface area contributed by atoms with Gasteiger partial charge in [-0.1, -0.05) is 11.3 Å². The SMILES string of the molecule is O=C1N2Cc3c(sc(=O)n3CCO)C(C2)N1O[S-].[Na+]. The number of aliphatic hydroxyl groups excluding tert-OH is 1. The van der Waals surface area contributed by atoms with E-state index in [1.807, 2.05) is 0 Å². The normalized spacial score (nSPS) is 20.5. The van der Waals surface area contributed by atoms with Crippen LogP contribution in [0.25, 0.3) is 0 Å². The number of rotatable bonds is 3. The number of hydrogen-bond acceptors (Lipinski definition) is 6. The maximum atomic E-state index is 11.9. The zero-order chi connectivity index (χ0) is 12.9. The number of hydrogen-bond donors (Lipinski definition) is 1. The first kappa shape index (κ1) is 15.4. The summed E-state index contributed by atoms with van der Waals surface area (Å²) in [6.45, 7) is 0.983. The number of aliphatic hydroxyl groups is 1. The van der Waals surface area contributed by atoms with Crippen LogP contribution in [0.2, 0.25) is 0 Å². The van der Waals surface area contributed by atoms with Crippen molar-refractivity contribution in [3.05, 3.63) is 20.2 Å². The van der Waals surface area contributed by atoms with Crippen LogP contribution < -0.4 is 34.4 Å². The molecule has 2 bridgehead atoms. The van der Waals surface area contributed by atoms with E-state index in [0.29, 0.717) is 13.1 Å². The summed E-state index contributed by atoms with van der Waals surface area (Å²) in [6, 6.07) is -0.585. The van der Waals surface area contributed by atoms with Crippen molar-refractivity contribution in [1.82, 2.24) is 14.5 Å². The van der Waals surface area contributed by atoms with Crippen molar-refractivity contribution in [2.75, 3.05) is 13.2 Å². The molecule has 1 aromatic heterocycles. The van der Waals surface area contributed by atoms with Crippen molar-refractivity contribution in [3.63, 3.8) is 0 Å². The average molecular weight is 311 g/mol. The number of aromatic nitrogens is 1. The van der Waals surface area contributed by atoms with Gasteiger partial charge in [-0.2, -0.15) is 0 Å². The monoisotopic (exact) mass is 311 g/mol. The summed E-state index contributed by atoms with van der Waals surface area (Å²) < 4.78 is 6.19. The molecule has 2 aliphatic rings. The summed E-state index contributed by atoms with van der Waals surface area (Å²) in [6.07, 6.45) is 0. The number of thiazole rings is 1. The maximum Gasteiger partial charge on any atom is 1.00 e. The predicted molar refractivity (Wildman–Crippen MR) is 64.5 cm³/mol. The minimum Gasteiger partial charge on any atom is -0.590 e. The fourth-order valence-corrected chi connectivity index (χ4v) is 3.69. The Hall–Kier alpha value is -0.0300. The molecule has 3 heterocycles. The fourth-order valence-electron chi connectivity index (χ4n) is 2.42. The van der Waals surface area contributed by atoms with Gasteiger partial charge in [-0.3, -0.25) is 9.36 Å². The quantitative estimate of drug-likeness (QED) is 0.465. The van der Waals surface area contributed by atoms with Gasteiger partial charge in [0.2, 0.25) is 0 Å². The van der Waals surface area contributed by atoms with E-state index < -0.39 is 0 Å². The second-order valence-corrected chi connectivity index (χ2v) is 5.28. The van der Waals surface area contributed by atoms with E-state index in [1.54, 1.807) is 4.90 Å². The molecule has 1 unspecified atom stereocenters. The molecule has 0 aromatic carbocycles. The first-order valence-electron chi connectivity index (χ1n) is 5.38. The van der Waals surface area contributed by atoms with Gasteiger partial charge in [-0.25, -0.2) is 9.86 Å². The van der Waals surface area contributed by atoms with E-state index in [9.17, 15) is 9.59 Å². The summed E-state index contributed by atoms with van der Waals surface area (Å²) in [5.41, 5.74) is 0.776. The zero-order valence-corrected chi connectivity index (χ0v) is 13.9. The van der Waals surface area contributed by atoms with Gasteiger partial charge < -0.3 is 27.2 Å². The average Bonchev–Trinajstić information content (AvgIpc) is 2.80. The molecular weight excluding hydrogens is 301 g/mol. The molecule has 19 heavy (non-hydrogen) atoms. The molecule has 1 aromatic rings. The Morgan fingerprint density at radius 2 is 2.21 bits per heavy atom. The minimum absolute atomic E-state index is 0. The van der Waals surface area contributed by atoms with Crippen LogP contribution in [0.1, 0.15) is 16.6 Å². The summed E-state index contributed by atoms with van der Waals surface area (Å²) in [7, 11) is 0. The number of hydroxylamine groups is 2. The number of urea groups is 1. The van der Waals surface area contributed by atoms with E-state index in [1.165, 1.54) is 4.57 Å². The topological polar surface area (TPSA) is 75.0 Å². The molecule has 98 valence electrons. The number of carbonyl (C=O) groups is 1. The Bertz CT molecular complexity index is 560. The van der Waals surface area contributed by atoms with Crippen LogP contribution >= 0.6 is 11.3 Å². The van der Waals surface area contributed by atoms with Gasteiger partial charge in [0.05, 0.1) is 30.3 Å². The number of fused-ring (bicyclic) bond motifs is 4. The summed E-state index contributed by atoms with van der Waals surface area (Å²) in [5.74, 6) is 0. The Balaban J connectivity index is 0.00000133. The fraction of sp³-hybridized carbons (Fsp3) is 0.556. The first-order chi connectivity index (χ1) is 8.67. The van der Waals surface area contributed by atoms with Crippen molar-refractivity contribution < 1.29 is 43.7 Å². The second kappa shape index (κ2) is 5.76. The van der Waals surface area contributed by atoms with Crippen LogP contribution in [0.5, 0.6) is 0 Å². The molecule has 0 saturated carbocycles. The van der Waals surface area contributed by atoms with E-state index in [-0.39, 0.29) is 59.7 Å². The van der Waals surface area contributed by atoms with Crippen LogP contribution in [0.3, 0.4) is 0 Å². The summed E-state index contributed by atoms with van der Waals surface area (Å²) >= 11 is 5.58. The number of amides is 2. The molecule has 2 amide bonds. The minimum atomic E-state index is -0.309. The van der Waals surface area contributed by atoms with Crippen molar-refractivity contribution >= 4 is 30.3 Å². The summed E-state index contributed by atoms with van der Waals surface area (Å²) in [5, 5.41) is 10.1. The van der Waals surface area contributed by atoms with Crippen LogP contribution in [0.15, 0.2) is 4.79 Å². The maximum absolute atomic E-state index is 11.9. The molecule has 0 spiro atoms. The third-order valence-corrected chi connectivity index (χ3v) is 4.49. The molecular formula is C9H10N3NaO4S2. The van der Waals surface area contributed by atoms with Gasteiger partial charge in [0.1, 0.15) is 6.04 Å². The Morgan fingerprint density at radius 3 is 2.84 bits per heavy atom. The zero-order valence-electron chi connectivity index (χ0n) is 10.2. The molecule has 2 aliphatic heterocycles. The van der Waals surface area contributed by atoms with Gasteiger partial charge in [-0.05, 0) is 0 Å². The Morgan fingerprint density at radius 1 is 1.47 bits per heavy atom. The second-order valence-electron chi connectivity index (χ2n) is 4.13. The van der Waals surface area contributed by atoms with Gasteiger partial charge in [0.15, 0.2) is 0 Å². The summed E-state index contributed by atoms with van der Waals surface area (Å²) in [4.78, 5) is 26.0. The van der Waals surface area contributed by atoms with Crippen LogP contribution in [-0.4, -0.2) is 38.8 Å². The largest absolute Gasteiger partial charge is 1.00 e. The predicted octanol–water partition coefficient (Wildman–Crippen LogP) is -3.41. The van der Waals surface area contributed by atoms with Gasteiger partial charge >= 0.3 is 40.5 Å². The van der Waals surface area contributed by atoms with E-state index in [4.69, 9.17) is 5.11 Å². The number of carbonyl (C=O) groups excluding carboxylic acids is 1. The van der Waals surface area contributed by atoms with Gasteiger partial charge in [0, 0.05) is 6.54 Å². The molecule has 10 heteroatoms. The van der Waals surface area contributed by atoms with Gasteiger partial charge in [-0.15, -0.1) is 0 Å². The third-order valence-electron chi connectivity index (χ3n) is 3.21. The molecule has 0 aliphatic carbocycles. The van der Waals surface area contributed by atoms with Crippen LogP contribution in [-0.2, 0) is 30.3 Å². The Labute approximate surface area is 140 Å². The van der Waals surface area contributed by atoms with Crippen molar-refractivity contribution in [2.45, 2.75) is 19.1 Å². The molecule has 1 saturated heterocycles. The molecule has 7 nitrogen and oxygen atoms in total. The van der Waals surface area contributed by atoms with E-state index >= 15 is 0 Å². The Kier molecular flexibility index (Phi) is 4.66. The van der Waals surface area contributed by atoms with Crippen molar-refractivity contribution in [1.29, 1.82) is 0 Å². The number of nitrogens with zero attached hydrogens (tertiary/aromatic N) is 3.